The van der Waals surface area contributed by atoms with Gasteiger partial charge in [0, 0.05) is 44.8 Å². The van der Waals surface area contributed by atoms with E-state index in [9.17, 15) is 24.3 Å². The van der Waals surface area contributed by atoms with Crippen molar-refractivity contribution in [3.63, 3.8) is 0 Å². The van der Waals surface area contributed by atoms with Crippen molar-refractivity contribution in [1.82, 2.24) is 15.5 Å². The molecule has 0 aromatic heterocycles. The highest BCUT2D eigenvalue weighted by Gasteiger charge is 2.60. The third-order valence-corrected chi connectivity index (χ3v) is 8.28. The second kappa shape index (κ2) is 12.7. The first-order valence-corrected chi connectivity index (χ1v) is 14.1. The van der Waals surface area contributed by atoms with Crippen LogP contribution in [-0.2, 0) is 25.7 Å². The highest BCUT2D eigenvalue weighted by Crippen LogP contribution is 2.57. The average molecular weight is 524 g/mol. The van der Waals surface area contributed by atoms with Crippen LogP contribution in [0.1, 0.15) is 70.3 Å². The number of nitrogens with zero attached hydrogens (tertiary/aromatic N) is 1. The molecule has 2 fully saturated rings. The van der Waals surface area contributed by atoms with Crippen LogP contribution in [0.25, 0.3) is 0 Å². The van der Waals surface area contributed by atoms with Crippen LogP contribution >= 0.6 is 0 Å². The van der Waals surface area contributed by atoms with Gasteiger partial charge in [0.05, 0.1) is 17.6 Å². The molecule has 1 aromatic carbocycles. The molecule has 0 bridgehead atoms. The van der Waals surface area contributed by atoms with E-state index < -0.39 is 17.6 Å². The zero-order valence-electron chi connectivity index (χ0n) is 22.4. The van der Waals surface area contributed by atoms with Gasteiger partial charge in [-0.15, -0.1) is 0 Å². The van der Waals surface area contributed by atoms with Crippen molar-refractivity contribution >= 4 is 23.5 Å². The van der Waals surface area contributed by atoms with E-state index >= 15 is 0 Å². The summed E-state index contributed by atoms with van der Waals surface area (Å²) in [6.07, 6.45) is 9.09. The highest BCUT2D eigenvalue weighted by atomic mass is 16.3. The van der Waals surface area contributed by atoms with E-state index in [1.165, 1.54) is 0 Å². The predicted octanol–water partition coefficient (Wildman–Crippen LogP) is 2.89. The zero-order chi connectivity index (χ0) is 27.1. The van der Waals surface area contributed by atoms with Gasteiger partial charge in [-0.25, -0.2) is 0 Å². The number of ketones is 1. The van der Waals surface area contributed by atoms with Gasteiger partial charge in [0.2, 0.25) is 17.7 Å². The van der Waals surface area contributed by atoms with Crippen molar-refractivity contribution in [2.45, 2.75) is 83.4 Å². The monoisotopic (exact) mass is 523 g/mol. The first kappa shape index (κ1) is 28.0. The van der Waals surface area contributed by atoms with Gasteiger partial charge in [0.25, 0.3) is 0 Å². The lowest BCUT2D eigenvalue weighted by molar-refractivity contribution is -0.142. The Labute approximate surface area is 225 Å². The summed E-state index contributed by atoms with van der Waals surface area (Å²) in [6.45, 7) is 2.69. The largest absolute Gasteiger partial charge is 0.391 e. The van der Waals surface area contributed by atoms with Gasteiger partial charge in [0.15, 0.2) is 5.78 Å². The van der Waals surface area contributed by atoms with Crippen LogP contribution in [0.3, 0.4) is 0 Å². The van der Waals surface area contributed by atoms with Crippen molar-refractivity contribution < 1.29 is 24.3 Å². The lowest BCUT2D eigenvalue weighted by Gasteiger charge is -2.27. The smallest absolute Gasteiger partial charge is 0.227 e. The summed E-state index contributed by atoms with van der Waals surface area (Å²) in [4.78, 5) is 53.9. The standard InChI is InChI=1S/C30H41N3O5/c1-21-10-6-3-2-4-9-13-23-17-30(23,18-26(35)25-16-24(34)20-33(25)28(21)37)29(38)31-15-14-27(36)32-19-22-11-7-5-8-12-22/h5,7-9,11-13,21,23-25,34H,2-4,6,10,14-20H2,1H3,(H,31,38)(H,32,36)/b13-9-/t21-,23+,24+,25-,30+/m0/s1. The molecule has 8 nitrogen and oxygen atoms in total. The number of aliphatic hydroxyl groups excluding tert-OH is 1. The third kappa shape index (κ3) is 6.90. The quantitative estimate of drug-likeness (QED) is 0.496. The van der Waals surface area contributed by atoms with E-state index in [1.807, 2.05) is 37.3 Å². The van der Waals surface area contributed by atoms with Crippen LogP contribution in [0.5, 0.6) is 0 Å². The van der Waals surface area contributed by atoms with Crippen LogP contribution in [-0.4, -0.2) is 58.7 Å². The van der Waals surface area contributed by atoms with Crippen molar-refractivity contribution in [3.8, 4) is 0 Å². The first-order chi connectivity index (χ1) is 18.3. The molecule has 5 atom stereocenters. The van der Waals surface area contributed by atoms with Gasteiger partial charge in [0.1, 0.15) is 0 Å². The van der Waals surface area contributed by atoms with Crippen LogP contribution in [0, 0.1) is 17.3 Å². The Morgan fingerprint density at radius 2 is 1.89 bits per heavy atom. The van der Waals surface area contributed by atoms with E-state index in [-0.39, 0.29) is 67.7 Å². The van der Waals surface area contributed by atoms with E-state index in [2.05, 4.69) is 22.8 Å². The van der Waals surface area contributed by atoms with Crippen LogP contribution in [0.15, 0.2) is 42.5 Å². The zero-order valence-corrected chi connectivity index (χ0v) is 22.4. The number of amides is 3. The summed E-state index contributed by atoms with van der Waals surface area (Å²) in [5, 5.41) is 16.1. The van der Waals surface area contributed by atoms with Gasteiger partial charge >= 0.3 is 0 Å². The molecular weight excluding hydrogens is 482 g/mol. The molecule has 3 N–H and O–H groups in total. The number of allylic oxidation sites excluding steroid dienone is 2. The summed E-state index contributed by atoms with van der Waals surface area (Å²) in [5.41, 5.74) is 0.145. The maximum absolute atomic E-state index is 13.5. The minimum atomic E-state index is -0.859. The van der Waals surface area contributed by atoms with Crippen LogP contribution in [0.4, 0.5) is 0 Å². The summed E-state index contributed by atoms with van der Waals surface area (Å²) in [5.74, 6) is -0.859. The number of aliphatic hydroxyl groups is 1. The Hall–Kier alpha value is -3.00. The molecule has 1 aliphatic carbocycles. The summed E-state index contributed by atoms with van der Waals surface area (Å²) in [6, 6.07) is 8.93. The molecule has 0 radical (unpaired) electrons. The molecule has 2 aliphatic heterocycles. The lowest BCUT2D eigenvalue weighted by Crippen LogP contribution is -2.45. The van der Waals surface area contributed by atoms with Crippen molar-refractivity contribution in [2.24, 2.45) is 17.3 Å². The molecule has 206 valence electrons. The Morgan fingerprint density at radius 1 is 1.11 bits per heavy atom. The molecule has 1 saturated carbocycles. The van der Waals surface area contributed by atoms with Gasteiger partial charge in [-0.1, -0.05) is 62.2 Å². The summed E-state index contributed by atoms with van der Waals surface area (Å²) in [7, 11) is 0. The third-order valence-electron chi connectivity index (χ3n) is 8.28. The molecule has 1 aromatic rings. The normalized spacial score (nSPS) is 30.8. The highest BCUT2D eigenvalue weighted by molar-refractivity contribution is 5.96. The second-order valence-corrected chi connectivity index (χ2v) is 11.2. The van der Waals surface area contributed by atoms with Crippen molar-refractivity contribution in [1.29, 1.82) is 0 Å². The minimum Gasteiger partial charge on any atom is -0.391 e. The van der Waals surface area contributed by atoms with E-state index in [0.717, 1.165) is 37.7 Å². The summed E-state index contributed by atoms with van der Waals surface area (Å²) >= 11 is 0. The fourth-order valence-corrected chi connectivity index (χ4v) is 5.83. The molecule has 0 unspecified atom stereocenters. The lowest BCUT2D eigenvalue weighted by atomic mass is 9.90. The Balaban J connectivity index is 1.39. The molecule has 0 spiro atoms. The number of hydrogen-bond acceptors (Lipinski definition) is 5. The number of hydrogen-bond donors (Lipinski definition) is 3. The number of Topliss-reactive ketones (excluding diaryl/α,β-unsaturated/α-hetero) is 1. The first-order valence-electron chi connectivity index (χ1n) is 14.1. The number of fused-ring (bicyclic) bond motifs is 2. The van der Waals surface area contributed by atoms with Crippen molar-refractivity contribution in [3.05, 3.63) is 48.0 Å². The molecule has 4 rings (SSSR count). The molecule has 3 amide bonds. The van der Waals surface area contributed by atoms with E-state index in [1.54, 1.807) is 4.90 Å². The number of benzene rings is 1. The van der Waals surface area contributed by atoms with Gasteiger partial charge in [-0.3, -0.25) is 19.2 Å². The Bertz CT molecular complexity index is 1040. The second-order valence-electron chi connectivity index (χ2n) is 11.2. The molecule has 1 saturated heterocycles. The average Bonchev–Trinajstić information content (AvgIpc) is 3.46. The van der Waals surface area contributed by atoms with Gasteiger partial charge in [-0.2, -0.15) is 0 Å². The SMILES string of the molecule is C[C@H]1CCCCC/C=C\[C@@H]2C[C@@]2(C(=O)NCCC(=O)NCc2ccccc2)CC(=O)[C@@H]2C[C@@H](O)CN2C1=O. The van der Waals surface area contributed by atoms with E-state index in [0.29, 0.717) is 13.0 Å². The Morgan fingerprint density at radius 3 is 2.68 bits per heavy atom. The number of carbonyl (C=O) groups excluding carboxylic acids is 4. The van der Waals surface area contributed by atoms with E-state index in [4.69, 9.17) is 0 Å². The maximum atomic E-state index is 13.5. The maximum Gasteiger partial charge on any atom is 0.227 e. The summed E-state index contributed by atoms with van der Waals surface area (Å²) < 4.78 is 0. The predicted molar refractivity (Wildman–Crippen MR) is 144 cm³/mol. The number of rotatable bonds is 6. The number of nitrogens with one attached hydrogen (secondary N) is 2. The van der Waals surface area contributed by atoms with Gasteiger partial charge < -0.3 is 20.6 Å². The number of carbonyl (C=O) groups is 4. The molecular formula is C30H41N3O5. The molecule has 3 aliphatic rings. The topological polar surface area (TPSA) is 116 Å². The molecule has 38 heavy (non-hydrogen) atoms. The molecule has 2 heterocycles. The van der Waals surface area contributed by atoms with Crippen LogP contribution in [0.2, 0.25) is 0 Å². The van der Waals surface area contributed by atoms with Crippen molar-refractivity contribution in [2.75, 3.05) is 13.1 Å². The molecule has 8 heteroatoms. The van der Waals surface area contributed by atoms with Crippen LogP contribution < -0.4 is 10.6 Å². The minimum absolute atomic E-state index is 0.0313. The fourth-order valence-electron chi connectivity index (χ4n) is 5.83. The Kier molecular flexibility index (Phi) is 9.36. The van der Waals surface area contributed by atoms with Gasteiger partial charge in [-0.05, 0) is 37.2 Å². The fraction of sp³-hybridized carbons (Fsp3) is 0.600.